The molecule has 0 spiro atoms. The molecule has 0 aliphatic carbocycles. The lowest BCUT2D eigenvalue weighted by atomic mass is 9.92. The second kappa shape index (κ2) is 6.48. The van der Waals surface area contributed by atoms with E-state index < -0.39 is 5.97 Å². The zero-order valence-corrected chi connectivity index (χ0v) is 12.3. The van der Waals surface area contributed by atoms with Crippen LogP contribution in [0.25, 0.3) is 0 Å². The van der Waals surface area contributed by atoms with Crippen molar-refractivity contribution in [2.75, 3.05) is 26.2 Å². The molecule has 0 radical (unpaired) electrons. The molecule has 1 aromatic rings. The summed E-state index contributed by atoms with van der Waals surface area (Å²) in [6.45, 7) is 3.96. The van der Waals surface area contributed by atoms with E-state index in [9.17, 15) is 4.79 Å². The van der Waals surface area contributed by atoms with E-state index in [4.69, 9.17) is 9.84 Å². The average molecular weight is 289 g/mol. The van der Waals surface area contributed by atoms with Crippen molar-refractivity contribution in [3.05, 3.63) is 29.8 Å². The van der Waals surface area contributed by atoms with Crippen molar-refractivity contribution in [2.45, 2.75) is 31.6 Å². The predicted molar refractivity (Wildman–Crippen MR) is 80.7 cm³/mol. The zero-order valence-electron chi connectivity index (χ0n) is 12.3. The molecule has 2 aliphatic rings. The first-order valence-electron chi connectivity index (χ1n) is 7.88. The van der Waals surface area contributed by atoms with Crippen LogP contribution < -0.4 is 4.74 Å². The van der Waals surface area contributed by atoms with E-state index in [1.165, 1.54) is 18.4 Å². The number of para-hydroxylation sites is 1. The van der Waals surface area contributed by atoms with Gasteiger partial charge in [-0.3, -0.25) is 4.79 Å². The molecule has 2 atom stereocenters. The number of benzene rings is 1. The predicted octanol–water partition coefficient (Wildman–Crippen LogP) is 2.74. The summed E-state index contributed by atoms with van der Waals surface area (Å²) in [5.74, 6) is 1.35. The van der Waals surface area contributed by atoms with Gasteiger partial charge >= 0.3 is 5.97 Å². The number of hydrogen-bond acceptors (Lipinski definition) is 3. The van der Waals surface area contributed by atoms with Gasteiger partial charge in [-0.1, -0.05) is 18.2 Å². The Morgan fingerprint density at radius 2 is 2.24 bits per heavy atom. The van der Waals surface area contributed by atoms with E-state index in [0.717, 1.165) is 38.4 Å². The van der Waals surface area contributed by atoms with Gasteiger partial charge in [0.25, 0.3) is 0 Å². The minimum absolute atomic E-state index is 0.299. The van der Waals surface area contributed by atoms with E-state index in [0.29, 0.717) is 18.3 Å². The van der Waals surface area contributed by atoms with E-state index >= 15 is 0 Å². The van der Waals surface area contributed by atoms with Crippen molar-refractivity contribution < 1.29 is 14.6 Å². The van der Waals surface area contributed by atoms with Gasteiger partial charge in [-0.2, -0.15) is 0 Å². The molecule has 114 valence electrons. The Balaban J connectivity index is 1.55. The highest BCUT2D eigenvalue weighted by Gasteiger charge is 2.28. The second-order valence-electron chi connectivity index (χ2n) is 6.25. The summed E-state index contributed by atoms with van der Waals surface area (Å²) in [6, 6.07) is 8.30. The number of fused-ring (bicyclic) bond motifs is 1. The summed E-state index contributed by atoms with van der Waals surface area (Å²) in [6.07, 6.45) is 3.46. The Kier molecular flexibility index (Phi) is 4.44. The molecule has 0 bridgehead atoms. The maximum atomic E-state index is 10.7. The number of hydrogen-bond donors (Lipinski definition) is 1. The van der Waals surface area contributed by atoms with Crippen LogP contribution >= 0.6 is 0 Å². The van der Waals surface area contributed by atoms with Crippen molar-refractivity contribution in [1.82, 2.24) is 4.90 Å². The molecular weight excluding hydrogens is 266 g/mol. The van der Waals surface area contributed by atoms with Crippen LogP contribution in [0.5, 0.6) is 5.75 Å². The lowest BCUT2D eigenvalue weighted by Crippen LogP contribution is -2.38. The number of nitrogens with zero attached hydrogens (tertiary/aromatic N) is 1. The van der Waals surface area contributed by atoms with E-state index in [1.54, 1.807) is 0 Å². The number of likely N-dealkylation sites (tertiary alicyclic amines) is 1. The minimum atomic E-state index is -0.676. The number of carboxylic acids is 1. The molecule has 0 saturated carbocycles. The Morgan fingerprint density at radius 1 is 1.38 bits per heavy atom. The van der Waals surface area contributed by atoms with Crippen LogP contribution in [0, 0.1) is 5.92 Å². The first-order valence-corrected chi connectivity index (χ1v) is 7.88. The molecule has 21 heavy (non-hydrogen) atoms. The van der Waals surface area contributed by atoms with Gasteiger partial charge in [-0.15, -0.1) is 0 Å². The summed E-state index contributed by atoms with van der Waals surface area (Å²) in [7, 11) is 0. The fraction of sp³-hybridized carbons (Fsp3) is 0.588. The molecule has 2 heterocycles. The Hall–Kier alpha value is -1.55. The van der Waals surface area contributed by atoms with Gasteiger partial charge in [-0.05, 0) is 37.8 Å². The van der Waals surface area contributed by atoms with Crippen molar-refractivity contribution in [3.63, 3.8) is 0 Å². The summed E-state index contributed by atoms with van der Waals surface area (Å²) >= 11 is 0. The summed E-state index contributed by atoms with van der Waals surface area (Å²) in [5.41, 5.74) is 1.32. The van der Waals surface area contributed by atoms with Gasteiger partial charge in [-0.25, -0.2) is 0 Å². The summed E-state index contributed by atoms with van der Waals surface area (Å²) in [5, 5.41) is 8.82. The molecule has 2 aliphatic heterocycles. The number of carbonyl (C=O) groups is 1. The maximum absolute atomic E-state index is 10.7. The summed E-state index contributed by atoms with van der Waals surface area (Å²) < 4.78 is 5.75. The molecule has 0 amide bonds. The molecule has 2 unspecified atom stereocenters. The number of piperidine rings is 1. The number of aliphatic carboxylic acids is 1. The van der Waals surface area contributed by atoms with Crippen LogP contribution in [0.1, 0.15) is 37.2 Å². The lowest BCUT2D eigenvalue weighted by molar-refractivity contribution is -0.137. The fourth-order valence-corrected chi connectivity index (χ4v) is 3.57. The summed E-state index contributed by atoms with van der Waals surface area (Å²) in [4.78, 5) is 13.2. The SMILES string of the molecule is O=C(O)CCC1CCCN(CC2COc3ccccc32)C1. The van der Waals surface area contributed by atoms with Gasteiger partial charge < -0.3 is 14.7 Å². The van der Waals surface area contributed by atoms with Crippen LogP contribution in [0.3, 0.4) is 0 Å². The maximum Gasteiger partial charge on any atom is 0.303 e. The monoisotopic (exact) mass is 289 g/mol. The van der Waals surface area contributed by atoms with E-state index in [1.807, 2.05) is 12.1 Å². The van der Waals surface area contributed by atoms with Crippen LogP contribution in [0.2, 0.25) is 0 Å². The molecule has 4 heteroatoms. The highest BCUT2D eigenvalue weighted by molar-refractivity contribution is 5.66. The molecule has 1 N–H and O–H groups in total. The molecule has 0 aromatic heterocycles. The van der Waals surface area contributed by atoms with Gasteiger partial charge in [0.1, 0.15) is 5.75 Å². The molecule has 3 rings (SSSR count). The largest absolute Gasteiger partial charge is 0.493 e. The van der Waals surface area contributed by atoms with Crippen LogP contribution in [-0.2, 0) is 4.79 Å². The minimum Gasteiger partial charge on any atom is -0.493 e. The van der Waals surface area contributed by atoms with Crippen molar-refractivity contribution >= 4 is 5.97 Å². The molecule has 1 saturated heterocycles. The average Bonchev–Trinajstić information content (AvgIpc) is 2.89. The standard InChI is InChI=1S/C17H23NO3/c19-17(20)8-7-13-4-3-9-18(10-13)11-14-12-21-16-6-2-1-5-15(14)16/h1-2,5-6,13-14H,3-4,7-12H2,(H,19,20). The van der Waals surface area contributed by atoms with Crippen LogP contribution in [-0.4, -0.2) is 42.2 Å². The van der Waals surface area contributed by atoms with Gasteiger partial charge in [0, 0.05) is 31.0 Å². The van der Waals surface area contributed by atoms with Crippen LogP contribution in [0.4, 0.5) is 0 Å². The smallest absolute Gasteiger partial charge is 0.303 e. The quantitative estimate of drug-likeness (QED) is 0.905. The molecule has 1 fully saturated rings. The first-order chi connectivity index (χ1) is 10.2. The van der Waals surface area contributed by atoms with Gasteiger partial charge in [0.05, 0.1) is 6.61 Å². The van der Waals surface area contributed by atoms with E-state index in [2.05, 4.69) is 17.0 Å². The van der Waals surface area contributed by atoms with E-state index in [-0.39, 0.29) is 0 Å². The highest BCUT2D eigenvalue weighted by atomic mass is 16.5. The number of carboxylic acid groups (broad SMARTS) is 1. The van der Waals surface area contributed by atoms with Crippen molar-refractivity contribution in [2.24, 2.45) is 5.92 Å². The Bertz CT molecular complexity index is 503. The van der Waals surface area contributed by atoms with Crippen LogP contribution in [0.15, 0.2) is 24.3 Å². The number of ether oxygens (including phenoxy) is 1. The first kappa shape index (κ1) is 14.4. The highest BCUT2D eigenvalue weighted by Crippen LogP contribution is 2.34. The fourth-order valence-electron chi connectivity index (χ4n) is 3.57. The topological polar surface area (TPSA) is 49.8 Å². The third-order valence-corrected chi connectivity index (χ3v) is 4.65. The Labute approximate surface area is 125 Å². The normalized spacial score (nSPS) is 25.3. The molecular formula is C17H23NO3. The van der Waals surface area contributed by atoms with Gasteiger partial charge in [0.15, 0.2) is 0 Å². The third-order valence-electron chi connectivity index (χ3n) is 4.65. The second-order valence-corrected chi connectivity index (χ2v) is 6.25. The Morgan fingerprint density at radius 3 is 3.10 bits per heavy atom. The van der Waals surface area contributed by atoms with Crippen molar-refractivity contribution in [3.8, 4) is 5.75 Å². The van der Waals surface area contributed by atoms with Gasteiger partial charge in [0.2, 0.25) is 0 Å². The molecule has 4 nitrogen and oxygen atoms in total. The third kappa shape index (κ3) is 3.56. The lowest BCUT2D eigenvalue weighted by Gasteiger charge is -2.34. The number of rotatable bonds is 5. The zero-order chi connectivity index (χ0) is 14.7. The molecule has 1 aromatic carbocycles. The van der Waals surface area contributed by atoms with Crippen molar-refractivity contribution in [1.29, 1.82) is 0 Å².